The van der Waals surface area contributed by atoms with Crippen LogP contribution in [0, 0.1) is 0 Å². The molecule has 3 nitrogen and oxygen atoms in total. The van der Waals surface area contributed by atoms with Crippen molar-refractivity contribution in [3.05, 3.63) is 23.9 Å². The minimum absolute atomic E-state index is 0.224. The number of aromatic nitrogens is 2. The molecule has 0 bridgehead atoms. The van der Waals surface area contributed by atoms with E-state index in [-0.39, 0.29) is 5.89 Å². The van der Waals surface area contributed by atoms with Gasteiger partial charge in [-0.2, -0.15) is 4.98 Å². The SMILES string of the molecule is CCc1noc(C(Cl)(Cl)CC=CCCl)n1. The average molecular weight is 270 g/mol. The predicted octanol–water partition coefficient (Wildman–Crippen LogP) is 3.45. The fraction of sp³-hybridized carbons (Fsp3) is 0.556. The van der Waals surface area contributed by atoms with Gasteiger partial charge < -0.3 is 4.52 Å². The molecule has 0 radical (unpaired) electrons. The first-order chi connectivity index (χ1) is 7.10. The van der Waals surface area contributed by atoms with E-state index in [1.807, 2.05) is 6.92 Å². The Balaban J connectivity index is 2.71. The van der Waals surface area contributed by atoms with Gasteiger partial charge in [0.25, 0.3) is 5.89 Å². The lowest BCUT2D eigenvalue weighted by molar-refractivity contribution is 0.361. The zero-order chi connectivity index (χ0) is 11.3. The van der Waals surface area contributed by atoms with Crippen LogP contribution in [0.1, 0.15) is 25.1 Å². The highest BCUT2D eigenvalue weighted by Crippen LogP contribution is 2.36. The maximum Gasteiger partial charge on any atom is 0.263 e. The van der Waals surface area contributed by atoms with Gasteiger partial charge in [0.15, 0.2) is 10.2 Å². The van der Waals surface area contributed by atoms with Crippen molar-refractivity contribution in [2.45, 2.75) is 24.1 Å². The first-order valence-corrected chi connectivity index (χ1v) is 5.81. The van der Waals surface area contributed by atoms with Crippen molar-refractivity contribution in [1.29, 1.82) is 0 Å². The first-order valence-electron chi connectivity index (χ1n) is 4.52. The third kappa shape index (κ3) is 3.67. The highest BCUT2D eigenvalue weighted by molar-refractivity contribution is 6.47. The number of alkyl halides is 3. The van der Waals surface area contributed by atoms with Crippen molar-refractivity contribution in [3.63, 3.8) is 0 Å². The molecule has 1 aromatic heterocycles. The Hall–Kier alpha value is -0.250. The minimum Gasteiger partial charge on any atom is -0.336 e. The molecule has 15 heavy (non-hydrogen) atoms. The second kappa shape index (κ2) is 5.73. The van der Waals surface area contributed by atoms with Gasteiger partial charge in [-0.1, -0.05) is 47.4 Å². The molecule has 0 aliphatic carbocycles. The molecule has 0 aliphatic rings. The molecular formula is C9H11Cl3N2O. The largest absolute Gasteiger partial charge is 0.336 e. The van der Waals surface area contributed by atoms with Gasteiger partial charge in [0.1, 0.15) is 0 Å². The predicted molar refractivity (Wildman–Crippen MR) is 61.5 cm³/mol. The summed E-state index contributed by atoms with van der Waals surface area (Å²) in [7, 11) is 0. The maximum absolute atomic E-state index is 6.04. The number of nitrogens with zero attached hydrogens (tertiary/aromatic N) is 2. The fourth-order valence-electron chi connectivity index (χ4n) is 0.928. The standard InChI is InChI=1S/C9H11Cl3N2O/c1-2-7-13-8(15-14-7)9(11,12)5-3-4-6-10/h3-4H,2,5-6H2,1H3. The Morgan fingerprint density at radius 2 is 2.13 bits per heavy atom. The van der Waals surface area contributed by atoms with Crippen LogP contribution in [0.15, 0.2) is 16.7 Å². The number of hydrogen-bond acceptors (Lipinski definition) is 3. The van der Waals surface area contributed by atoms with Gasteiger partial charge in [-0.3, -0.25) is 0 Å². The molecule has 0 aromatic carbocycles. The molecule has 84 valence electrons. The van der Waals surface area contributed by atoms with Gasteiger partial charge in [0.2, 0.25) is 0 Å². The van der Waals surface area contributed by atoms with Crippen LogP contribution in [0.2, 0.25) is 0 Å². The number of hydrogen-bond donors (Lipinski definition) is 0. The maximum atomic E-state index is 6.04. The molecule has 0 saturated heterocycles. The Kier molecular flexibility index (Phi) is 4.90. The van der Waals surface area contributed by atoms with Crippen molar-refractivity contribution >= 4 is 34.8 Å². The highest BCUT2D eigenvalue weighted by Gasteiger charge is 2.31. The van der Waals surface area contributed by atoms with Gasteiger partial charge in [-0.05, 0) is 0 Å². The van der Waals surface area contributed by atoms with Crippen LogP contribution < -0.4 is 0 Å². The Labute approximate surface area is 103 Å². The van der Waals surface area contributed by atoms with E-state index in [2.05, 4.69) is 10.1 Å². The summed E-state index contributed by atoms with van der Waals surface area (Å²) in [4.78, 5) is 4.07. The lowest BCUT2D eigenvalue weighted by atomic mass is 10.2. The van der Waals surface area contributed by atoms with Crippen LogP contribution >= 0.6 is 34.8 Å². The highest BCUT2D eigenvalue weighted by atomic mass is 35.5. The lowest BCUT2D eigenvalue weighted by Crippen LogP contribution is -2.09. The van der Waals surface area contributed by atoms with E-state index < -0.39 is 4.33 Å². The van der Waals surface area contributed by atoms with Gasteiger partial charge in [-0.15, -0.1) is 11.6 Å². The molecule has 1 aromatic rings. The third-order valence-electron chi connectivity index (χ3n) is 1.73. The second-order valence-electron chi connectivity index (χ2n) is 2.90. The summed E-state index contributed by atoms with van der Waals surface area (Å²) in [6, 6.07) is 0. The number of allylic oxidation sites excluding steroid dienone is 2. The van der Waals surface area contributed by atoms with E-state index in [0.29, 0.717) is 24.5 Å². The molecule has 0 saturated carbocycles. The molecule has 0 atom stereocenters. The van der Waals surface area contributed by atoms with Gasteiger partial charge in [0.05, 0.1) is 0 Å². The van der Waals surface area contributed by atoms with E-state index in [4.69, 9.17) is 39.3 Å². The molecule has 0 aliphatic heterocycles. The van der Waals surface area contributed by atoms with Crippen molar-refractivity contribution < 1.29 is 4.52 Å². The zero-order valence-electron chi connectivity index (χ0n) is 8.21. The summed E-state index contributed by atoms with van der Waals surface area (Å²) in [5.41, 5.74) is 0. The summed E-state index contributed by atoms with van der Waals surface area (Å²) < 4.78 is 3.78. The quantitative estimate of drug-likeness (QED) is 0.607. The smallest absolute Gasteiger partial charge is 0.263 e. The Morgan fingerprint density at radius 1 is 1.40 bits per heavy atom. The molecule has 1 rings (SSSR count). The minimum atomic E-state index is -1.18. The molecule has 6 heteroatoms. The van der Waals surface area contributed by atoms with Crippen LogP contribution in [0.3, 0.4) is 0 Å². The van der Waals surface area contributed by atoms with E-state index in [1.54, 1.807) is 12.2 Å². The van der Waals surface area contributed by atoms with Crippen LogP contribution in [-0.2, 0) is 10.8 Å². The Morgan fingerprint density at radius 3 is 2.67 bits per heavy atom. The molecule has 0 fully saturated rings. The van der Waals surface area contributed by atoms with Gasteiger partial charge >= 0.3 is 0 Å². The Bertz CT molecular complexity index is 336. The number of aryl methyl sites for hydroxylation is 1. The normalized spacial score (nSPS) is 12.5. The van der Waals surface area contributed by atoms with Crippen LogP contribution in [-0.4, -0.2) is 16.0 Å². The summed E-state index contributed by atoms with van der Waals surface area (Å²) in [6.45, 7) is 1.92. The lowest BCUT2D eigenvalue weighted by Gasteiger charge is -2.11. The van der Waals surface area contributed by atoms with E-state index >= 15 is 0 Å². The van der Waals surface area contributed by atoms with Crippen LogP contribution in [0.5, 0.6) is 0 Å². The van der Waals surface area contributed by atoms with Gasteiger partial charge in [0, 0.05) is 18.7 Å². The van der Waals surface area contributed by atoms with Crippen molar-refractivity contribution in [2.24, 2.45) is 0 Å². The summed E-state index contributed by atoms with van der Waals surface area (Å²) in [5, 5.41) is 3.72. The van der Waals surface area contributed by atoms with Crippen molar-refractivity contribution in [3.8, 4) is 0 Å². The topological polar surface area (TPSA) is 38.9 Å². The summed E-state index contributed by atoms with van der Waals surface area (Å²) in [5.74, 6) is 1.24. The molecule has 0 spiro atoms. The van der Waals surface area contributed by atoms with E-state index in [9.17, 15) is 0 Å². The molecule has 0 amide bonds. The summed E-state index contributed by atoms with van der Waals surface area (Å²) in [6.07, 6.45) is 4.61. The van der Waals surface area contributed by atoms with E-state index in [1.165, 1.54) is 0 Å². The molecular weight excluding hydrogens is 258 g/mol. The molecule has 0 N–H and O–H groups in total. The summed E-state index contributed by atoms with van der Waals surface area (Å²) >= 11 is 17.6. The molecule has 0 unspecified atom stereocenters. The molecule has 1 heterocycles. The number of rotatable bonds is 5. The van der Waals surface area contributed by atoms with Gasteiger partial charge in [-0.25, -0.2) is 0 Å². The van der Waals surface area contributed by atoms with Crippen LogP contribution in [0.25, 0.3) is 0 Å². The number of halogens is 3. The van der Waals surface area contributed by atoms with Crippen molar-refractivity contribution in [2.75, 3.05) is 5.88 Å². The zero-order valence-corrected chi connectivity index (χ0v) is 10.5. The fourth-order valence-corrected chi connectivity index (χ4v) is 1.39. The van der Waals surface area contributed by atoms with Crippen molar-refractivity contribution in [1.82, 2.24) is 10.1 Å². The first kappa shape index (κ1) is 12.8. The average Bonchev–Trinajstić information content (AvgIpc) is 2.66. The third-order valence-corrected chi connectivity index (χ3v) is 2.54. The second-order valence-corrected chi connectivity index (χ2v) is 4.70. The van der Waals surface area contributed by atoms with Crippen LogP contribution in [0.4, 0.5) is 0 Å². The monoisotopic (exact) mass is 268 g/mol. The van der Waals surface area contributed by atoms with E-state index in [0.717, 1.165) is 0 Å².